The first kappa shape index (κ1) is 18.1. The highest BCUT2D eigenvalue weighted by Gasteiger charge is 2.22. The maximum atomic E-state index is 12.6. The minimum absolute atomic E-state index is 0.147. The molecule has 1 aliphatic heterocycles. The Morgan fingerprint density at radius 1 is 1.12 bits per heavy atom. The molecule has 1 unspecified atom stereocenters. The van der Waals surface area contributed by atoms with Crippen molar-refractivity contribution in [1.29, 1.82) is 0 Å². The number of ether oxygens (including phenoxy) is 4. The van der Waals surface area contributed by atoms with Gasteiger partial charge < -0.3 is 24.3 Å². The maximum absolute atomic E-state index is 12.6. The van der Waals surface area contributed by atoms with Gasteiger partial charge in [-0.25, -0.2) is 0 Å². The average Bonchev–Trinajstić information content (AvgIpc) is 2.70. The summed E-state index contributed by atoms with van der Waals surface area (Å²) < 4.78 is 21.7. The van der Waals surface area contributed by atoms with Crippen LogP contribution in [0.3, 0.4) is 0 Å². The van der Waals surface area contributed by atoms with Gasteiger partial charge in [-0.3, -0.25) is 4.79 Å². The Morgan fingerprint density at radius 2 is 1.81 bits per heavy atom. The normalized spacial score (nSPS) is 15.7. The highest BCUT2D eigenvalue weighted by molar-refractivity contribution is 5.95. The summed E-state index contributed by atoms with van der Waals surface area (Å²) in [5.74, 6) is 1.11. The van der Waals surface area contributed by atoms with Crippen molar-refractivity contribution >= 4 is 5.91 Å². The zero-order chi connectivity index (χ0) is 18.5. The zero-order valence-corrected chi connectivity index (χ0v) is 15.2. The van der Waals surface area contributed by atoms with Gasteiger partial charge in [-0.1, -0.05) is 24.3 Å². The molecule has 1 atom stereocenters. The van der Waals surface area contributed by atoms with Gasteiger partial charge in [-0.15, -0.1) is 0 Å². The molecule has 0 radical (unpaired) electrons. The molecule has 0 saturated carbocycles. The van der Waals surface area contributed by atoms with Gasteiger partial charge in [0.05, 0.1) is 27.9 Å². The summed E-state index contributed by atoms with van der Waals surface area (Å²) in [6.07, 6.45) is 0.749. The Labute approximate surface area is 153 Å². The molecule has 1 amide bonds. The van der Waals surface area contributed by atoms with E-state index in [1.165, 1.54) is 26.9 Å². The molecule has 2 aromatic rings. The van der Waals surface area contributed by atoms with Crippen molar-refractivity contribution in [2.75, 3.05) is 34.5 Å². The molecule has 2 aromatic carbocycles. The first-order valence-electron chi connectivity index (χ1n) is 8.45. The number of carbonyl (C=O) groups excluding carboxylic acids is 1. The molecule has 0 aromatic heterocycles. The van der Waals surface area contributed by atoms with Crippen LogP contribution in [0.1, 0.15) is 27.6 Å². The van der Waals surface area contributed by atoms with Crippen molar-refractivity contribution in [2.24, 2.45) is 0 Å². The average molecular weight is 357 g/mol. The molecule has 0 saturated heterocycles. The molecular weight excluding hydrogens is 334 g/mol. The molecule has 1 N–H and O–H groups in total. The fourth-order valence-corrected chi connectivity index (χ4v) is 3.15. The number of nitrogens with one attached hydrogen (secondary N) is 1. The van der Waals surface area contributed by atoms with Crippen LogP contribution < -0.4 is 19.5 Å². The maximum Gasteiger partial charge on any atom is 0.251 e. The molecule has 0 bridgehead atoms. The van der Waals surface area contributed by atoms with Crippen LogP contribution in [0.2, 0.25) is 0 Å². The van der Waals surface area contributed by atoms with Gasteiger partial charge in [0.25, 0.3) is 5.91 Å². The number of fused-ring (bicyclic) bond motifs is 1. The Kier molecular flexibility index (Phi) is 5.63. The Balaban J connectivity index is 1.75. The lowest BCUT2D eigenvalue weighted by atomic mass is 9.97. The first-order valence-corrected chi connectivity index (χ1v) is 8.45. The predicted octanol–water partition coefficient (Wildman–Crippen LogP) is 2.76. The van der Waals surface area contributed by atoms with Crippen LogP contribution in [0.4, 0.5) is 0 Å². The molecule has 6 nitrogen and oxygen atoms in total. The summed E-state index contributed by atoms with van der Waals surface area (Å²) in [7, 11) is 4.57. The molecule has 26 heavy (non-hydrogen) atoms. The number of carbonyl (C=O) groups is 1. The number of hydrogen-bond donors (Lipinski definition) is 1. The Hall–Kier alpha value is -2.73. The summed E-state index contributed by atoms with van der Waals surface area (Å²) in [5.41, 5.74) is 2.83. The van der Waals surface area contributed by atoms with Crippen LogP contribution >= 0.6 is 0 Å². The SMILES string of the molecule is COc1cc(C(=O)NCC2OCCc3ccccc32)cc(OC)c1OC. The second-order valence-electron chi connectivity index (χ2n) is 5.93. The van der Waals surface area contributed by atoms with E-state index in [9.17, 15) is 4.79 Å². The summed E-state index contributed by atoms with van der Waals surface area (Å²) >= 11 is 0. The largest absolute Gasteiger partial charge is 0.493 e. The van der Waals surface area contributed by atoms with Crippen molar-refractivity contribution < 1.29 is 23.7 Å². The van der Waals surface area contributed by atoms with Crippen LogP contribution in [0, 0.1) is 0 Å². The monoisotopic (exact) mass is 357 g/mol. The number of methoxy groups -OCH3 is 3. The molecule has 6 heteroatoms. The predicted molar refractivity (Wildman–Crippen MR) is 97.3 cm³/mol. The van der Waals surface area contributed by atoms with Crippen LogP contribution in [0.5, 0.6) is 17.2 Å². The Bertz CT molecular complexity index is 765. The second kappa shape index (κ2) is 8.10. The van der Waals surface area contributed by atoms with Crippen molar-refractivity contribution in [2.45, 2.75) is 12.5 Å². The molecule has 0 fully saturated rings. The molecular formula is C20H23NO5. The van der Waals surface area contributed by atoms with Gasteiger partial charge in [0, 0.05) is 12.1 Å². The third-order valence-corrected chi connectivity index (χ3v) is 4.47. The standard InChI is InChI=1S/C20H23NO5/c1-23-16-10-14(11-17(24-2)19(16)25-3)20(22)21-12-18-15-7-5-4-6-13(15)8-9-26-18/h4-7,10-11,18H,8-9,12H2,1-3H3,(H,21,22). The van der Waals surface area contributed by atoms with E-state index < -0.39 is 0 Å². The van der Waals surface area contributed by atoms with Crippen molar-refractivity contribution in [3.05, 3.63) is 53.1 Å². The van der Waals surface area contributed by atoms with Crippen LogP contribution in [0.15, 0.2) is 36.4 Å². The van der Waals surface area contributed by atoms with Crippen LogP contribution in [-0.2, 0) is 11.2 Å². The lowest BCUT2D eigenvalue weighted by Gasteiger charge is -2.26. The third-order valence-electron chi connectivity index (χ3n) is 4.47. The molecule has 1 heterocycles. The minimum atomic E-state index is -0.226. The van der Waals surface area contributed by atoms with E-state index in [1.54, 1.807) is 12.1 Å². The molecule has 138 valence electrons. The molecule has 0 spiro atoms. The second-order valence-corrected chi connectivity index (χ2v) is 5.93. The molecule has 0 aliphatic carbocycles. The number of benzene rings is 2. The van der Waals surface area contributed by atoms with Gasteiger partial charge in [-0.2, -0.15) is 0 Å². The van der Waals surface area contributed by atoms with Crippen molar-refractivity contribution in [3.8, 4) is 17.2 Å². The summed E-state index contributed by atoms with van der Waals surface area (Å²) in [6, 6.07) is 11.4. The Morgan fingerprint density at radius 3 is 2.46 bits per heavy atom. The van der Waals surface area contributed by atoms with Gasteiger partial charge in [0.2, 0.25) is 5.75 Å². The summed E-state index contributed by atoms with van der Waals surface area (Å²) in [5, 5.41) is 2.93. The van der Waals surface area contributed by atoms with E-state index >= 15 is 0 Å². The smallest absolute Gasteiger partial charge is 0.251 e. The number of rotatable bonds is 6. The fraction of sp³-hybridized carbons (Fsp3) is 0.350. The lowest BCUT2D eigenvalue weighted by Crippen LogP contribution is -2.31. The lowest BCUT2D eigenvalue weighted by molar-refractivity contribution is 0.0411. The van der Waals surface area contributed by atoms with E-state index in [0.717, 1.165) is 12.0 Å². The van der Waals surface area contributed by atoms with Gasteiger partial charge in [-0.05, 0) is 29.7 Å². The van der Waals surface area contributed by atoms with E-state index in [2.05, 4.69) is 11.4 Å². The summed E-state index contributed by atoms with van der Waals surface area (Å²) in [6.45, 7) is 1.05. The van der Waals surface area contributed by atoms with Gasteiger partial charge in [0.1, 0.15) is 6.10 Å². The van der Waals surface area contributed by atoms with E-state index in [0.29, 0.717) is 36.0 Å². The quantitative estimate of drug-likeness (QED) is 0.861. The highest BCUT2D eigenvalue weighted by atomic mass is 16.5. The van der Waals surface area contributed by atoms with Crippen LogP contribution in [0.25, 0.3) is 0 Å². The van der Waals surface area contributed by atoms with E-state index in [4.69, 9.17) is 18.9 Å². The molecule has 1 aliphatic rings. The van der Waals surface area contributed by atoms with Crippen molar-refractivity contribution in [3.63, 3.8) is 0 Å². The number of hydrogen-bond acceptors (Lipinski definition) is 5. The molecule has 3 rings (SSSR count). The van der Waals surface area contributed by atoms with Gasteiger partial charge in [0.15, 0.2) is 11.5 Å². The summed E-state index contributed by atoms with van der Waals surface area (Å²) in [4.78, 5) is 12.6. The third kappa shape index (κ3) is 3.60. The van der Waals surface area contributed by atoms with Crippen molar-refractivity contribution in [1.82, 2.24) is 5.32 Å². The van der Waals surface area contributed by atoms with Crippen LogP contribution in [-0.4, -0.2) is 40.4 Å². The number of amides is 1. The minimum Gasteiger partial charge on any atom is -0.493 e. The zero-order valence-electron chi connectivity index (χ0n) is 15.2. The fourth-order valence-electron chi connectivity index (χ4n) is 3.15. The van der Waals surface area contributed by atoms with E-state index in [-0.39, 0.29) is 12.0 Å². The van der Waals surface area contributed by atoms with Gasteiger partial charge >= 0.3 is 0 Å². The highest BCUT2D eigenvalue weighted by Crippen LogP contribution is 2.38. The first-order chi connectivity index (χ1) is 12.7. The topological polar surface area (TPSA) is 66.0 Å². The van der Waals surface area contributed by atoms with E-state index in [1.807, 2.05) is 18.2 Å².